The van der Waals surface area contributed by atoms with E-state index in [1.54, 1.807) is 4.90 Å². The van der Waals surface area contributed by atoms with Gasteiger partial charge in [-0.15, -0.1) is 0 Å². The van der Waals surface area contributed by atoms with Gasteiger partial charge in [0.15, 0.2) is 0 Å². The first-order valence-corrected chi connectivity index (χ1v) is 11.5. The van der Waals surface area contributed by atoms with E-state index in [1.807, 2.05) is 0 Å². The number of nitrogens with zero attached hydrogens (tertiary/aromatic N) is 2. The molecule has 182 valence electrons. The van der Waals surface area contributed by atoms with Crippen molar-refractivity contribution in [2.24, 2.45) is 5.92 Å². The molecule has 2 aliphatic rings. The Bertz CT molecular complexity index is 994. The maximum atomic E-state index is 13.2. The zero-order valence-corrected chi connectivity index (χ0v) is 18.7. The van der Waals surface area contributed by atoms with Gasteiger partial charge in [-0.3, -0.25) is 14.5 Å². The molecule has 0 spiro atoms. The summed E-state index contributed by atoms with van der Waals surface area (Å²) in [5, 5.41) is 2.90. The summed E-state index contributed by atoms with van der Waals surface area (Å²) in [4.78, 5) is 29.7. The average Bonchev–Trinajstić information content (AvgIpc) is 3.34. The number of carbonyl (C=O) groups excluding carboxylic acids is 2. The minimum atomic E-state index is -4.45. The normalized spacial score (nSPS) is 18.6. The van der Waals surface area contributed by atoms with Crippen molar-refractivity contribution in [3.05, 3.63) is 65.5 Å². The van der Waals surface area contributed by atoms with Crippen LogP contribution in [0.15, 0.2) is 48.5 Å². The van der Waals surface area contributed by atoms with Crippen LogP contribution in [0, 0.1) is 11.7 Å². The fourth-order valence-electron chi connectivity index (χ4n) is 4.89. The molecule has 0 aromatic heterocycles. The van der Waals surface area contributed by atoms with Gasteiger partial charge in [0.25, 0.3) is 5.91 Å². The molecule has 2 fully saturated rings. The molecule has 34 heavy (non-hydrogen) atoms. The molecule has 9 heteroatoms. The van der Waals surface area contributed by atoms with E-state index in [-0.39, 0.29) is 35.2 Å². The Balaban J connectivity index is 1.40. The van der Waals surface area contributed by atoms with E-state index in [0.29, 0.717) is 31.9 Å². The van der Waals surface area contributed by atoms with Gasteiger partial charge in [-0.05, 0) is 67.3 Å². The fourth-order valence-corrected chi connectivity index (χ4v) is 4.89. The monoisotopic (exact) mass is 477 g/mol. The molecule has 5 nitrogen and oxygen atoms in total. The molecule has 1 aliphatic heterocycles. The molecular weight excluding hydrogens is 450 g/mol. The minimum Gasteiger partial charge on any atom is -0.336 e. The Morgan fingerprint density at radius 3 is 2.03 bits per heavy atom. The first-order valence-electron chi connectivity index (χ1n) is 11.5. The molecular formula is C25H27F4N3O2. The van der Waals surface area contributed by atoms with E-state index in [2.05, 4.69) is 10.2 Å². The second kappa shape index (κ2) is 10.1. The number of hydrogen-bond acceptors (Lipinski definition) is 3. The van der Waals surface area contributed by atoms with E-state index in [1.165, 1.54) is 36.4 Å². The minimum absolute atomic E-state index is 0.138. The molecule has 1 unspecified atom stereocenters. The van der Waals surface area contributed by atoms with Gasteiger partial charge in [-0.2, -0.15) is 13.2 Å². The van der Waals surface area contributed by atoms with Crippen LogP contribution in [0.25, 0.3) is 0 Å². The lowest BCUT2D eigenvalue weighted by atomic mass is 9.94. The maximum absolute atomic E-state index is 13.2. The standard InChI is InChI=1S/C25H27F4N3O2/c26-20-9-11-21(12-10-20)30-23(33)22(17-3-1-2-4-17)31-13-15-32(16-14-31)24(34)18-5-7-19(8-6-18)25(27,28)29/h5-12,17,22H,1-4,13-16H2,(H,30,33). The number of anilines is 1. The number of halogens is 4. The summed E-state index contributed by atoms with van der Waals surface area (Å²) in [6.07, 6.45) is -0.413. The lowest BCUT2D eigenvalue weighted by molar-refractivity contribution is -0.137. The zero-order chi connectivity index (χ0) is 24.3. The molecule has 0 radical (unpaired) electrons. The van der Waals surface area contributed by atoms with Crippen LogP contribution in [0.4, 0.5) is 23.2 Å². The van der Waals surface area contributed by atoms with Gasteiger partial charge in [0.1, 0.15) is 5.82 Å². The highest BCUT2D eigenvalue weighted by Gasteiger charge is 2.37. The van der Waals surface area contributed by atoms with Gasteiger partial charge in [-0.25, -0.2) is 4.39 Å². The molecule has 2 aromatic rings. The van der Waals surface area contributed by atoms with E-state index in [4.69, 9.17) is 0 Å². The van der Waals surface area contributed by atoms with Crippen LogP contribution in [0.2, 0.25) is 0 Å². The predicted octanol–water partition coefficient (Wildman–Crippen LogP) is 4.80. The number of amides is 2. The van der Waals surface area contributed by atoms with Crippen LogP contribution < -0.4 is 5.32 Å². The van der Waals surface area contributed by atoms with Gasteiger partial charge in [0.2, 0.25) is 5.91 Å². The van der Waals surface area contributed by atoms with Crippen LogP contribution in [0.3, 0.4) is 0 Å². The number of rotatable bonds is 5. The molecule has 0 bridgehead atoms. The van der Waals surface area contributed by atoms with Crippen molar-refractivity contribution in [3.8, 4) is 0 Å². The topological polar surface area (TPSA) is 52.7 Å². The molecule has 2 aromatic carbocycles. The first kappa shape index (κ1) is 24.2. The van der Waals surface area contributed by atoms with Crippen LogP contribution in [0.1, 0.15) is 41.6 Å². The van der Waals surface area contributed by atoms with Crippen molar-refractivity contribution in [1.29, 1.82) is 0 Å². The summed E-state index contributed by atoms with van der Waals surface area (Å²) in [5.74, 6) is -0.626. The van der Waals surface area contributed by atoms with E-state index in [9.17, 15) is 27.2 Å². The number of carbonyl (C=O) groups is 2. The van der Waals surface area contributed by atoms with E-state index >= 15 is 0 Å². The van der Waals surface area contributed by atoms with Crippen LogP contribution in [-0.2, 0) is 11.0 Å². The molecule has 1 N–H and O–H groups in total. The molecule has 1 saturated heterocycles. The number of piperazine rings is 1. The summed E-state index contributed by atoms with van der Waals surface area (Å²) in [7, 11) is 0. The molecule has 2 amide bonds. The number of hydrogen-bond donors (Lipinski definition) is 1. The van der Waals surface area contributed by atoms with Crippen molar-refractivity contribution in [2.45, 2.75) is 37.9 Å². The first-order chi connectivity index (χ1) is 16.2. The molecule has 4 rings (SSSR count). The largest absolute Gasteiger partial charge is 0.416 e. The van der Waals surface area contributed by atoms with Gasteiger partial charge in [0, 0.05) is 37.4 Å². The van der Waals surface area contributed by atoms with Crippen LogP contribution >= 0.6 is 0 Å². The highest BCUT2D eigenvalue weighted by Crippen LogP contribution is 2.32. The zero-order valence-electron chi connectivity index (χ0n) is 18.7. The summed E-state index contributed by atoms with van der Waals surface area (Å²) in [6, 6.07) is 9.54. The van der Waals surface area contributed by atoms with Crippen molar-refractivity contribution in [1.82, 2.24) is 9.80 Å². The number of benzene rings is 2. The molecule has 1 atom stereocenters. The Labute approximate surface area is 195 Å². The van der Waals surface area contributed by atoms with Crippen LogP contribution in [0.5, 0.6) is 0 Å². The summed E-state index contributed by atoms with van der Waals surface area (Å²) < 4.78 is 51.6. The maximum Gasteiger partial charge on any atom is 0.416 e. The second-order valence-corrected chi connectivity index (χ2v) is 8.89. The van der Waals surface area contributed by atoms with Gasteiger partial charge >= 0.3 is 6.18 Å². The van der Waals surface area contributed by atoms with Gasteiger partial charge < -0.3 is 10.2 Å². The highest BCUT2D eigenvalue weighted by molar-refractivity contribution is 5.95. The Morgan fingerprint density at radius 1 is 0.882 bits per heavy atom. The highest BCUT2D eigenvalue weighted by atomic mass is 19.4. The second-order valence-electron chi connectivity index (χ2n) is 8.89. The van der Waals surface area contributed by atoms with Crippen molar-refractivity contribution >= 4 is 17.5 Å². The third-order valence-corrected chi connectivity index (χ3v) is 6.68. The number of alkyl halides is 3. The lowest BCUT2D eigenvalue weighted by Crippen LogP contribution is -2.56. The van der Waals surface area contributed by atoms with E-state index < -0.39 is 11.7 Å². The summed E-state index contributed by atoms with van der Waals surface area (Å²) in [6.45, 7) is 1.74. The van der Waals surface area contributed by atoms with Gasteiger partial charge in [0.05, 0.1) is 11.6 Å². The lowest BCUT2D eigenvalue weighted by Gasteiger charge is -2.40. The average molecular weight is 478 g/mol. The van der Waals surface area contributed by atoms with Gasteiger partial charge in [-0.1, -0.05) is 12.8 Å². The summed E-state index contributed by atoms with van der Waals surface area (Å²) in [5.41, 5.74) is -0.0474. The molecule has 1 aliphatic carbocycles. The van der Waals surface area contributed by atoms with Crippen molar-refractivity contribution < 1.29 is 27.2 Å². The quantitative estimate of drug-likeness (QED) is 0.630. The number of nitrogens with one attached hydrogen (secondary N) is 1. The summed E-state index contributed by atoms with van der Waals surface area (Å²) >= 11 is 0. The smallest absolute Gasteiger partial charge is 0.336 e. The molecule has 1 saturated carbocycles. The Morgan fingerprint density at radius 2 is 1.47 bits per heavy atom. The van der Waals surface area contributed by atoms with E-state index in [0.717, 1.165) is 37.8 Å². The Hall–Kier alpha value is -2.94. The predicted molar refractivity (Wildman–Crippen MR) is 120 cm³/mol. The Kier molecular flexibility index (Phi) is 7.21. The third kappa shape index (κ3) is 5.58. The third-order valence-electron chi connectivity index (χ3n) is 6.68. The van der Waals surface area contributed by atoms with Crippen molar-refractivity contribution in [2.75, 3.05) is 31.5 Å². The molecule has 1 heterocycles. The SMILES string of the molecule is O=C(Nc1ccc(F)cc1)C(C1CCCC1)N1CCN(C(=O)c2ccc(C(F)(F)F)cc2)CC1. The van der Waals surface area contributed by atoms with Crippen LogP contribution in [-0.4, -0.2) is 53.8 Å². The van der Waals surface area contributed by atoms with Crippen molar-refractivity contribution in [3.63, 3.8) is 0 Å². The fraction of sp³-hybridized carbons (Fsp3) is 0.440.